The third kappa shape index (κ3) is 4.40. The second-order valence-corrected chi connectivity index (χ2v) is 12.1. The molecule has 1 saturated heterocycles. The molecule has 2 aliphatic rings. The number of rotatable bonds is 5. The van der Waals surface area contributed by atoms with Gasteiger partial charge in [-0.1, -0.05) is 12.1 Å². The molecule has 43 heavy (non-hydrogen) atoms. The van der Waals surface area contributed by atoms with E-state index in [2.05, 4.69) is 58.1 Å². The maximum Gasteiger partial charge on any atom is 0.255 e. The zero-order valence-electron chi connectivity index (χ0n) is 24.1. The monoisotopic (exact) mass is 574 g/mol. The number of amides is 1. The highest BCUT2D eigenvalue weighted by Crippen LogP contribution is 2.38. The third-order valence-electron chi connectivity index (χ3n) is 8.88. The molecule has 5 aromatic heterocycles. The highest BCUT2D eigenvalue weighted by molar-refractivity contribution is 5.98. The number of carbonyl (C=O) groups excluding carboxylic acids is 1. The lowest BCUT2D eigenvalue weighted by atomic mass is 10.1. The number of hydrogen-bond donors (Lipinski definition) is 1. The zero-order valence-corrected chi connectivity index (χ0v) is 24.1. The smallest absolute Gasteiger partial charge is 0.255 e. The van der Waals surface area contributed by atoms with E-state index in [0.717, 1.165) is 62.5 Å². The summed E-state index contributed by atoms with van der Waals surface area (Å²) in [4.78, 5) is 14.6. The van der Waals surface area contributed by atoms with Gasteiger partial charge in [-0.3, -0.25) is 9.20 Å². The predicted octanol–water partition coefficient (Wildman–Crippen LogP) is 5.90. The van der Waals surface area contributed by atoms with Crippen molar-refractivity contribution in [2.45, 2.75) is 45.8 Å². The topological polar surface area (TPSA) is 96.6 Å². The molecule has 2 fully saturated rings. The van der Waals surface area contributed by atoms with Gasteiger partial charge in [0.15, 0.2) is 5.65 Å². The number of aryl methyl sites for hydroxylation is 2. The van der Waals surface area contributed by atoms with Crippen molar-refractivity contribution in [3.8, 4) is 22.5 Å². The first-order valence-corrected chi connectivity index (χ1v) is 14.8. The van der Waals surface area contributed by atoms with Gasteiger partial charge in [-0.2, -0.15) is 5.10 Å². The van der Waals surface area contributed by atoms with E-state index in [4.69, 9.17) is 10.5 Å². The highest BCUT2D eigenvalue weighted by atomic mass is 19.1. The molecule has 8 rings (SSSR count). The standard InChI is InChI=1S/C33H31FN8O/c1-19-28-8-7-25(33(43)39-17-26(34)14-27(35)18-39)16-42(28)38-32(19)30-12-24-6-5-22(11-29(24)41(30)15-21-3-4-21)23-9-10-40-20(2)36-37-31(40)13-23/h5-13,16,21,26,35H,3-4,14-15,17-18H2,1-2H3/t26-/m1/s1. The molecule has 0 bridgehead atoms. The van der Waals surface area contributed by atoms with Gasteiger partial charge in [0.05, 0.1) is 29.9 Å². The average molecular weight is 575 g/mol. The minimum atomic E-state index is -1.20. The first-order chi connectivity index (χ1) is 20.8. The van der Waals surface area contributed by atoms with E-state index in [9.17, 15) is 9.18 Å². The lowest BCUT2D eigenvalue weighted by Crippen LogP contribution is -2.45. The second-order valence-electron chi connectivity index (χ2n) is 12.1. The summed E-state index contributed by atoms with van der Waals surface area (Å²) in [6.45, 7) is 5.11. The van der Waals surface area contributed by atoms with Crippen LogP contribution >= 0.6 is 0 Å². The highest BCUT2D eigenvalue weighted by Gasteiger charge is 2.29. The summed E-state index contributed by atoms with van der Waals surface area (Å²) in [7, 11) is 0. The maximum atomic E-state index is 14.1. The fourth-order valence-corrected chi connectivity index (χ4v) is 6.39. The minimum absolute atomic E-state index is 0.0123. The van der Waals surface area contributed by atoms with Crippen LogP contribution in [0, 0.1) is 25.2 Å². The van der Waals surface area contributed by atoms with Crippen molar-refractivity contribution in [1.29, 1.82) is 5.41 Å². The number of benzene rings is 1. The Morgan fingerprint density at radius 1 is 1.02 bits per heavy atom. The van der Waals surface area contributed by atoms with Gasteiger partial charge in [0.1, 0.15) is 17.7 Å². The quantitative estimate of drug-likeness (QED) is 0.277. The number of carbonyl (C=O) groups is 1. The fraction of sp³-hybridized carbons (Fsp3) is 0.303. The van der Waals surface area contributed by atoms with E-state index in [1.165, 1.54) is 17.7 Å². The van der Waals surface area contributed by atoms with Crippen LogP contribution < -0.4 is 0 Å². The van der Waals surface area contributed by atoms with E-state index in [1.54, 1.807) is 16.8 Å². The summed E-state index contributed by atoms with van der Waals surface area (Å²) in [6.07, 6.45) is 5.10. The van der Waals surface area contributed by atoms with Crippen molar-refractivity contribution in [1.82, 2.24) is 33.7 Å². The summed E-state index contributed by atoms with van der Waals surface area (Å²) >= 11 is 0. The number of fused-ring (bicyclic) bond motifs is 3. The van der Waals surface area contributed by atoms with Crippen LogP contribution in [0.5, 0.6) is 0 Å². The van der Waals surface area contributed by atoms with Crippen molar-refractivity contribution in [2.24, 2.45) is 5.92 Å². The molecule has 1 aliphatic heterocycles. The van der Waals surface area contributed by atoms with Crippen molar-refractivity contribution in [3.05, 3.63) is 77.9 Å². The van der Waals surface area contributed by atoms with E-state index in [-0.39, 0.29) is 31.1 Å². The number of pyridine rings is 2. The summed E-state index contributed by atoms with van der Waals surface area (Å²) in [5.74, 6) is 1.23. The van der Waals surface area contributed by atoms with Gasteiger partial charge in [0.2, 0.25) is 0 Å². The molecule has 6 heterocycles. The molecule has 1 amide bonds. The Morgan fingerprint density at radius 2 is 1.86 bits per heavy atom. The number of piperidine rings is 1. The maximum absolute atomic E-state index is 14.1. The molecule has 9 nitrogen and oxygen atoms in total. The van der Waals surface area contributed by atoms with Gasteiger partial charge in [-0.05, 0) is 80.1 Å². The van der Waals surface area contributed by atoms with Crippen LogP contribution in [0.1, 0.15) is 41.0 Å². The Bertz CT molecular complexity index is 2100. The summed E-state index contributed by atoms with van der Waals surface area (Å²) in [5, 5.41) is 22.6. The van der Waals surface area contributed by atoms with Crippen LogP contribution in [0.2, 0.25) is 0 Å². The molecule has 216 valence electrons. The molecule has 0 spiro atoms. The molecule has 1 N–H and O–H groups in total. The Hall–Kier alpha value is -4.86. The van der Waals surface area contributed by atoms with Gasteiger partial charge in [0, 0.05) is 47.5 Å². The van der Waals surface area contributed by atoms with Crippen molar-refractivity contribution < 1.29 is 9.18 Å². The number of nitrogens with one attached hydrogen (secondary N) is 1. The van der Waals surface area contributed by atoms with Crippen LogP contribution in [0.4, 0.5) is 4.39 Å². The molecule has 1 aliphatic carbocycles. The fourth-order valence-electron chi connectivity index (χ4n) is 6.39. The van der Waals surface area contributed by atoms with E-state index < -0.39 is 6.17 Å². The van der Waals surface area contributed by atoms with Crippen LogP contribution in [-0.2, 0) is 6.54 Å². The van der Waals surface area contributed by atoms with Gasteiger partial charge >= 0.3 is 0 Å². The van der Waals surface area contributed by atoms with Crippen LogP contribution in [0.25, 0.3) is 44.6 Å². The van der Waals surface area contributed by atoms with Gasteiger partial charge in [0.25, 0.3) is 5.91 Å². The van der Waals surface area contributed by atoms with Crippen molar-refractivity contribution >= 4 is 33.7 Å². The van der Waals surface area contributed by atoms with Gasteiger partial charge in [-0.15, -0.1) is 10.2 Å². The van der Waals surface area contributed by atoms with Gasteiger partial charge in [-0.25, -0.2) is 8.91 Å². The zero-order chi connectivity index (χ0) is 29.4. The Morgan fingerprint density at radius 3 is 2.67 bits per heavy atom. The van der Waals surface area contributed by atoms with E-state index in [1.807, 2.05) is 23.6 Å². The van der Waals surface area contributed by atoms with Crippen molar-refractivity contribution in [3.63, 3.8) is 0 Å². The molecular weight excluding hydrogens is 543 g/mol. The third-order valence-corrected chi connectivity index (χ3v) is 8.88. The summed E-state index contributed by atoms with van der Waals surface area (Å²) in [6, 6.07) is 16.7. The number of aromatic nitrogens is 6. The number of halogens is 1. The largest absolute Gasteiger partial charge is 0.339 e. The van der Waals surface area contributed by atoms with Crippen LogP contribution in [0.3, 0.4) is 0 Å². The molecule has 1 saturated carbocycles. The normalized spacial score (nSPS) is 17.5. The van der Waals surface area contributed by atoms with Crippen LogP contribution in [-0.4, -0.2) is 64.6 Å². The predicted molar refractivity (Wildman–Crippen MR) is 163 cm³/mol. The Balaban J connectivity index is 1.20. The Labute approximate surface area is 247 Å². The molecule has 10 heteroatoms. The number of nitrogens with zero attached hydrogens (tertiary/aromatic N) is 7. The number of likely N-dealkylation sites (tertiary alicyclic amines) is 1. The molecule has 0 radical (unpaired) electrons. The molecular formula is C33H31FN8O. The summed E-state index contributed by atoms with van der Waals surface area (Å²) in [5.41, 5.74) is 8.77. The molecule has 1 aromatic carbocycles. The number of alkyl halides is 1. The lowest BCUT2D eigenvalue weighted by Gasteiger charge is -2.29. The lowest BCUT2D eigenvalue weighted by molar-refractivity contribution is 0.0717. The SMILES string of the molecule is Cc1c(-c2cc3ccc(-c4ccn5c(C)nnc5c4)cc3n2CC2CC2)nn2cc(C(=O)N3CC(=N)C[C@@H](F)C3)ccc12. The molecule has 1 atom stereocenters. The average Bonchev–Trinajstić information content (AvgIpc) is 3.53. The first-order valence-electron chi connectivity index (χ1n) is 14.8. The van der Waals surface area contributed by atoms with Crippen molar-refractivity contribution in [2.75, 3.05) is 13.1 Å². The van der Waals surface area contributed by atoms with Gasteiger partial charge < -0.3 is 14.9 Å². The second kappa shape index (κ2) is 9.58. The van der Waals surface area contributed by atoms with E-state index >= 15 is 0 Å². The molecule has 6 aromatic rings. The first kappa shape index (κ1) is 25.8. The van der Waals surface area contributed by atoms with E-state index in [0.29, 0.717) is 11.5 Å². The minimum Gasteiger partial charge on any atom is -0.339 e. The Kier molecular flexibility index (Phi) is 5.76. The van der Waals surface area contributed by atoms with Crippen LogP contribution in [0.15, 0.2) is 60.9 Å². The number of hydrogen-bond acceptors (Lipinski definition) is 5. The summed E-state index contributed by atoms with van der Waals surface area (Å²) < 4.78 is 20.2. The molecule has 0 unspecified atom stereocenters.